The Kier molecular flexibility index (Phi) is 27.4. The topological polar surface area (TPSA) is 106 Å². The molecule has 0 aliphatic rings. The van der Waals surface area contributed by atoms with E-state index in [0.29, 0.717) is 122 Å². The molecule has 598 valence electrons. The summed E-state index contributed by atoms with van der Waals surface area (Å²) in [7, 11) is 0. The Bertz CT molecular complexity index is 5820. The van der Waals surface area contributed by atoms with Crippen LogP contribution < -0.4 is 30.1 Å². The van der Waals surface area contributed by atoms with Gasteiger partial charge in [-0.1, -0.05) is 294 Å². The second-order valence-electron chi connectivity index (χ2n) is 33.4. The van der Waals surface area contributed by atoms with E-state index in [1.54, 1.807) is 8.80 Å². The molecule has 0 aliphatic carbocycles. The maximum Gasteiger partial charge on any atom is 0.264 e. The fourth-order valence-corrected chi connectivity index (χ4v) is 18.5. The zero-order valence-electron chi connectivity index (χ0n) is 69.6. The average Bonchev–Trinajstić information content (AvgIpc) is 1.57. The molecule has 11 aromatic carbocycles. The van der Waals surface area contributed by atoms with Crippen LogP contribution in [0.15, 0.2) is 173 Å². The number of imidazole rings is 2. The summed E-state index contributed by atoms with van der Waals surface area (Å²) in [5, 5.41) is 8.10. The summed E-state index contributed by atoms with van der Waals surface area (Å²) in [5.74, 6) is 4.60. The van der Waals surface area contributed by atoms with E-state index in [1.807, 2.05) is 60.7 Å². The number of rotatable bonds is 48. The normalized spacial score (nSPS) is 12.1. The van der Waals surface area contributed by atoms with Gasteiger partial charge in [0.25, 0.3) is 11.1 Å². The van der Waals surface area contributed by atoms with Crippen LogP contribution in [-0.2, 0) is 32.1 Å². The minimum atomic E-state index is -0.219. The van der Waals surface area contributed by atoms with Crippen LogP contribution in [0, 0.1) is 0 Å². The molecule has 0 N–H and O–H groups in total. The van der Waals surface area contributed by atoms with Gasteiger partial charge in [-0.25, -0.2) is 9.97 Å². The van der Waals surface area contributed by atoms with Crippen molar-refractivity contribution in [2.45, 2.75) is 291 Å². The van der Waals surface area contributed by atoms with Gasteiger partial charge in [-0.15, -0.1) is 0 Å². The molecule has 0 bridgehead atoms. The number of benzene rings is 11. The Balaban J connectivity index is 1.00. The van der Waals surface area contributed by atoms with E-state index in [9.17, 15) is 0 Å². The number of aryl methyl sites for hydroxylation is 5. The molecule has 0 radical (unpaired) electrons. The van der Waals surface area contributed by atoms with Crippen molar-refractivity contribution in [1.29, 1.82) is 0 Å². The standard InChI is InChI=1S/C105H122N4O6/c1-6-11-16-21-26-31-36-45-73-54-61-78(62-55-73)112-90-69-82-94-84(104(110)108-88-52-43-41-50-86(88)106-102(82)108)72-93(114-80-65-58-75(59-66-80)47-38-33-28-23-18-13-8-3)99-97-91(115-81-67-60-76(48-39-34-29-24-19-14-9-4)77(68-81)49-40-35-30-25-20-15-10-5)70-83-95-85(105(111)109-89-53-44-42-51-87(89)107-103(83)109)71-92(98(101(95)97)96(90)100(94)99)113-79-63-56-74(57-64-79)46-37-32-27-22-17-12-7-2/h41-44,50-72H,6-40,45-49H2,1-5H3. The molecule has 10 nitrogen and oxygen atoms in total. The van der Waals surface area contributed by atoms with E-state index >= 15 is 9.59 Å². The first-order valence-electron chi connectivity index (χ1n) is 45.2. The molecule has 115 heavy (non-hydrogen) atoms. The van der Waals surface area contributed by atoms with Gasteiger partial charge in [-0.05, 0) is 189 Å². The van der Waals surface area contributed by atoms with Crippen molar-refractivity contribution < 1.29 is 18.9 Å². The molecular weight excluding hydrogens is 1410 g/mol. The average molecular weight is 1540 g/mol. The molecule has 4 aromatic heterocycles. The van der Waals surface area contributed by atoms with Gasteiger partial charge in [0.15, 0.2) is 0 Å². The number of hydrogen-bond acceptors (Lipinski definition) is 8. The molecule has 15 aromatic rings. The monoisotopic (exact) mass is 1530 g/mol. The van der Waals surface area contributed by atoms with Gasteiger partial charge >= 0.3 is 0 Å². The van der Waals surface area contributed by atoms with Crippen molar-refractivity contribution in [3.8, 4) is 46.0 Å². The van der Waals surface area contributed by atoms with Crippen molar-refractivity contribution in [3.05, 3.63) is 212 Å². The van der Waals surface area contributed by atoms with E-state index in [2.05, 4.69) is 138 Å². The molecule has 0 unspecified atom stereocenters. The largest absolute Gasteiger partial charge is 0.457 e. The summed E-state index contributed by atoms with van der Waals surface area (Å²) in [6.45, 7) is 11.4. The third-order valence-electron chi connectivity index (χ3n) is 24.8. The van der Waals surface area contributed by atoms with E-state index < -0.39 is 0 Å². The smallest absolute Gasteiger partial charge is 0.264 e. The van der Waals surface area contributed by atoms with Gasteiger partial charge < -0.3 is 18.9 Å². The van der Waals surface area contributed by atoms with Crippen LogP contribution in [0.5, 0.6) is 46.0 Å². The maximum atomic E-state index is 16.4. The first kappa shape index (κ1) is 80.4. The van der Waals surface area contributed by atoms with Gasteiger partial charge in [-0.2, -0.15) is 0 Å². The first-order valence-corrected chi connectivity index (χ1v) is 45.2. The summed E-state index contributed by atoms with van der Waals surface area (Å²) < 4.78 is 34.5. The lowest BCUT2D eigenvalue weighted by Crippen LogP contribution is -2.15. The van der Waals surface area contributed by atoms with Gasteiger partial charge in [0.05, 0.1) is 32.8 Å². The predicted octanol–water partition coefficient (Wildman–Crippen LogP) is 30.9. The summed E-state index contributed by atoms with van der Waals surface area (Å²) >= 11 is 0. The van der Waals surface area contributed by atoms with E-state index in [4.69, 9.17) is 28.9 Å². The van der Waals surface area contributed by atoms with Crippen molar-refractivity contribution in [2.75, 3.05) is 0 Å². The maximum absolute atomic E-state index is 16.4. The number of pyridine rings is 2. The molecule has 0 saturated heterocycles. The van der Waals surface area contributed by atoms with Gasteiger partial charge in [0.2, 0.25) is 0 Å². The molecule has 0 spiro atoms. The minimum Gasteiger partial charge on any atom is -0.457 e. The first-order chi connectivity index (χ1) is 56.7. The van der Waals surface area contributed by atoms with Gasteiger partial charge in [-0.3, -0.25) is 18.4 Å². The number of aromatic nitrogens is 4. The van der Waals surface area contributed by atoms with E-state index in [0.717, 1.165) is 85.8 Å². The fourth-order valence-electron chi connectivity index (χ4n) is 18.5. The SMILES string of the molecule is CCCCCCCCCc1ccc(Oc2cc3c(=O)n4c5ccccc5nc4c4cc(Oc5ccc(CCCCCCCCC)cc5)c5c6c(Oc7ccc(CCCCCCCCC)cc7)cc7c(=O)n8c9ccccc9nc8c8cc(Oc9ccc(CCCCCCCCC)c(CCCCCCCCC)c9)c(c2c5c34)c6c78)cc1. The number of ether oxygens (including phenoxy) is 4. The molecule has 0 fully saturated rings. The molecular formula is C105H122N4O6. The van der Waals surface area contributed by atoms with E-state index in [-0.39, 0.29) is 11.1 Å². The lowest BCUT2D eigenvalue weighted by molar-refractivity contribution is 0.483. The Morgan fingerprint density at radius 2 is 0.530 bits per heavy atom. The van der Waals surface area contributed by atoms with Crippen LogP contribution in [0.4, 0.5) is 0 Å². The van der Waals surface area contributed by atoms with Crippen LogP contribution in [-0.4, -0.2) is 18.8 Å². The summed E-state index contributed by atoms with van der Waals surface area (Å²) in [5.41, 5.74) is 9.91. The molecule has 0 atom stereocenters. The highest BCUT2D eigenvalue weighted by Gasteiger charge is 2.33. The number of unbranched alkanes of at least 4 members (excludes halogenated alkanes) is 30. The zero-order chi connectivity index (χ0) is 78.8. The van der Waals surface area contributed by atoms with Crippen molar-refractivity contribution >= 4 is 98.0 Å². The molecule has 0 aliphatic heterocycles. The highest BCUT2D eigenvalue weighted by atomic mass is 16.5. The Morgan fingerprint density at radius 1 is 0.252 bits per heavy atom. The highest BCUT2D eigenvalue weighted by molar-refractivity contribution is 6.45. The van der Waals surface area contributed by atoms with E-state index in [1.165, 1.54) is 220 Å². The van der Waals surface area contributed by atoms with Crippen LogP contribution in [0.1, 0.15) is 287 Å². The Morgan fingerprint density at radius 3 is 0.870 bits per heavy atom. The van der Waals surface area contributed by atoms with Crippen LogP contribution >= 0.6 is 0 Å². The summed E-state index contributed by atoms with van der Waals surface area (Å²) in [4.78, 5) is 43.6. The Hall–Kier alpha value is -9.80. The number of hydrogen-bond donors (Lipinski definition) is 0. The highest BCUT2D eigenvalue weighted by Crippen LogP contribution is 2.58. The molecule has 0 amide bonds. The fraction of sp³-hybridized carbons (Fsp3) is 0.429. The third kappa shape index (κ3) is 18.3. The van der Waals surface area contributed by atoms with Crippen molar-refractivity contribution in [2.24, 2.45) is 0 Å². The van der Waals surface area contributed by atoms with Crippen LogP contribution in [0.25, 0.3) is 98.0 Å². The predicted molar refractivity (Wildman–Crippen MR) is 485 cm³/mol. The molecule has 10 heteroatoms. The van der Waals surface area contributed by atoms with Gasteiger partial charge in [0.1, 0.15) is 57.3 Å². The minimum absolute atomic E-state index is 0.217. The van der Waals surface area contributed by atoms with Crippen LogP contribution in [0.2, 0.25) is 0 Å². The van der Waals surface area contributed by atoms with Crippen LogP contribution in [0.3, 0.4) is 0 Å². The quantitative estimate of drug-likeness (QED) is 0.0211. The molecule has 4 heterocycles. The number of nitrogens with zero attached hydrogens (tertiary/aromatic N) is 4. The number of fused-ring (bicyclic) bond motifs is 10. The summed E-state index contributed by atoms with van der Waals surface area (Å²) in [6.07, 6.45) is 48.2. The number of para-hydroxylation sites is 4. The zero-order valence-corrected chi connectivity index (χ0v) is 69.6. The second-order valence-corrected chi connectivity index (χ2v) is 33.4. The van der Waals surface area contributed by atoms with Gasteiger partial charge in [0, 0.05) is 53.9 Å². The Labute approximate surface area is 681 Å². The molecule has 0 saturated carbocycles. The van der Waals surface area contributed by atoms with Crippen molar-refractivity contribution in [3.63, 3.8) is 0 Å². The third-order valence-corrected chi connectivity index (χ3v) is 24.8. The lowest BCUT2D eigenvalue weighted by Gasteiger charge is -2.25. The second kappa shape index (κ2) is 39.2. The molecule has 15 rings (SSSR count). The van der Waals surface area contributed by atoms with Crippen molar-refractivity contribution in [1.82, 2.24) is 18.8 Å². The lowest BCUT2D eigenvalue weighted by atomic mass is 9.84. The summed E-state index contributed by atoms with van der Waals surface area (Å²) in [6, 6.07) is 56.7.